The number of carbonyl (C=O) groups excluding carboxylic acids is 2. The third-order valence-corrected chi connectivity index (χ3v) is 6.58. The lowest BCUT2D eigenvalue weighted by molar-refractivity contribution is -0.124. The van der Waals surface area contributed by atoms with Gasteiger partial charge in [-0.1, -0.05) is 18.2 Å². The number of likely N-dealkylation sites (tertiary alicyclic amines) is 1. The van der Waals surface area contributed by atoms with E-state index in [4.69, 9.17) is 21.1 Å². The van der Waals surface area contributed by atoms with Crippen molar-refractivity contribution in [2.24, 2.45) is 0 Å². The minimum atomic E-state index is -0.532. The fourth-order valence-electron chi connectivity index (χ4n) is 4.52. The molecular formula is C27H29ClFN5O4. The summed E-state index contributed by atoms with van der Waals surface area (Å²) in [6.07, 6.45) is 7.52. The van der Waals surface area contributed by atoms with Gasteiger partial charge in [-0.25, -0.2) is 4.39 Å². The number of rotatable bonds is 6. The van der Waals surface area contributed by atoms with Gasteiger partial charge in [-0.15, -0.1) is 0 Å². The lowest BCUT2D eigenvalue weighted by Crippen LogP contribution is -2.31. The minimum absolute atomic E-state index is 0.0764. The number of nitrogens with one attached hydrogen (secondary N) is 3. The fourth-order valence-corrected chi connectivity index (χ4v) is 4.80. The highest BCUT2D eigenvalue weighted by Gasteiger charge is 2.29. The number of hydrogen-bond donors (Lipinski definition) is 3. The third-order valence-electron chi connectivity index (χ3n) is 6.30. The van der Waals surface area contributed by atoms with Crippen molar-refractivity contribution in [3.05, 3.63) is 65.3 Å². The van der Waals surface area contributed by atoms with Crippen molar-refractivity contribution >= 4 is 34.8 Å². The summed E-state index contributed by atoms with van der Waals surface area (Å²) >= 11 is 6.13. The number of H-pyrrole nitrogens is 1. The second-order valence-corrected chi connectivity index (χ2v) is 9.05. The predicted octanol–water partition coefficient (Wildman–Crippen LogP) is 4.71. The monoisotopic (exact) mass is 541 g/mol. The van der Waals surface area contributed by atoms with Crippen molar-refractivity contribution in [1.29, 1.82) is 0 Å². The molecule has 0 spiro atoms. The van der Waals surface area contributed by atoms with Crippen molar-refractivity contribution in [3.8, 4) is 22.8 Å². The van der Waals surface area contributed by atoms with E-state index < -0.39 is 5.82 Å². The number of methoxy groups -OCH3 is 2. The summed E-state index contributed by atoms with van der Waals surface area (Å²) < 4.78 is 24.8. The van der Waals surface area contributed by atoms with Crippen LogP contribution >= 0.6 is 11.6 Å². The van der Waals surface area contributed by atoms with Crippen LogP contribution in [-0.2, 0) is 11.2 Å². The Bertz CT molecular complexity index is 1350. The molecule has 5 rings (SSSR count). The van der Waals surface area contributed by atoms with E-state index in [0.29, 0.717) is 46.9 Å². The first-order chi connectivity index (χ1) is 18.4. The molecule has 3 aromatic rings. The zero-order valence-corrected chi connectivity index (χ0v) is 22.0. The minimum Gasteiger partial charge on any atom is -0.494 e. The number of amides is 2. The maximum atomic E-state index is 14.0. The van der Waals surface area contributed by atoms with E-state index in [0.717, 1.165) is 37.7 Å². The fraction of sp³-hybridized carbons (Fsp3) is 0.296. The normalized spacial score (nSPS) is 14.1. The first-order valence-corrected chi connectivity index (χ1v) is 12.5. The standard InChI is InChI=1S/C20H18ClFN4O3.C7H11NO/c1-28-15-9-23-5-3-11(15)17-18(16-13(25-17)4-6-24-20(16)27)26-14-8-10(22)7-12(21)19(14)29-2;1-2-7(9)8-5-3-4-6-8/h3,5,7-9,25-26H,4,6H2,1-2H3,(H,24,27);2H,1,3-6H2. The molecule has 1 fully saturated rings. The van der Waals surface area contributed by atoms with Gasteiger partial charge in [0, 0.05) is 49.6 Å². The highest BCUT2D eigenvalue weighted by Crippen LogP contribution is 2.43. The molecule has 0 aliphatic carbocycles. The van der Waals surface area contributed by atoms with Crippen LogP contribution in [-0.4, -0.2) is 60.5 Å². The van der Waals surface area contributed by atoms with Gasteiger partial charge in [0.2, 0.25) is 5.91 Å². The summed E-state index contributed by atoms with van der Waals surface area (Å²) in [5, 5.41) is 6.10. The van der Waals surface area contributed by atoms with Crippen molar-refractivity contribution in [2.75, 3.05) is 39.2 Å². The van der Waals surface area contributed by atoms with Crippen LogP contribution < -0.4 is 20.1 Å². The lowest BCUT2D eigenvalue weighted by atomic mass is 10.0. The average Bonchev–Trinajstić information content (AvgIpc) is 3.58. The van der Waals surface area contributed by atoms with E-state index in [1.807, 2.05) is 4.90 Å². The first-order valence-electron chi connectivity index (χ1n) is 12.1. The molecule has 2 aromatic heterocycles. The van der Waals surface area contributed by atoms with Gasteiger partial charge in [0.25, 0.3) is 5.91 Å². The van der Waals surface area contributed by atoms with Crippen LogP contribution in [0.1, 0.15) is 28.9 Å². The number of aromatic nitrogens is 2. The molecule has 0 unspecified atom stereocenters. The van der Waals surface area contributed by atoms with Crippen LogP contribution in [0.3, 0.4) is 0 Å². The Hall–Kier alpha value is -4.05. The Balaban J connectivity index is 0.000000317. The van der Waals surface area contributed by atoms with Gasteiger partial charge in [-0.05, 0) is 31.1 Å². The molecule has 0 saturated carbocycles. The van der Waals surface area contributed by atoms with Crippen molar-refractivity contribution < 1.29 is 23.5 Å². The molecule has 0 atom stereocenters. The van der Waals surface area contributed by atoms with E-state index >= 15 is 0 Å². The molecule has 200 valence electrons. The van der Waals surface area contributed by atoms with Gasteiger partial charge in [0.05, 0.1) is 48.1 Å². The largest absolute Gasteiger partial charge is 0.494 e. The number of ether oxygens (including phenoxy) is 2. The molecule has 0 radical (unpaired) electrons. The summed E-state index contributed by atoms with van der Waals surface area (Å²) in [6, 6.07) is 4.20. The molecule has 38 heavy (non-hydrogen) atoms. The molecular weight excluding hydrogens is 513 g/mol. The molecule has 3 N–H and O–H groups in total. The lowest BCUT2D eigenvalue weighted by Gasteiger charge is -2.17. The number of halogens is 2. The Morgan fingerprint density at radius 3 is 2.71 bits per heavy atom. The third kappa shape index (κ3) is 5.60. The number of carbonyl (C=O) groups is 2. The molecule has 1 saturated heterocycles. The summed E-state index contributed by atoms with van der Waals surface area (Å²) in [5.74, 6) is 0.110. The van der Waals surface area contributed by atoms with E-state index in [1.165, 1.54) is 19.3 Å². The number of anilines is 2. The summed E-state index contributed by atoms with van der Waals surface area (Å²) in [6.45, 7) is 5.78. The number of benzene rings is 1. The van der Waals surface area contributed by atoms with Crippen LogP contribution in [0.15, 0.2) is 43.2 Å². The highest BCUT2D eigenvalue weighted by atomic mass is 35.5. The van der Waals surface area contributed by atoms with E-state index in [9.17, 15) is 14.0 Å². The number of pyridine rings is 1. The zero-order chi connectivity index (χ0) is 27.2. The molecule has 4 heterocycles. The molecule has 11 heteroatoms. The number of fused-ring (bicyclic) bond motifs is 1. The van der Waals surface area contributed by atoms with Gasteiger partial charge >= 0.3 is 0 Å². The number of nitrogens with zero attached hydrogens (tertiary/aromatic N) is 2. The smallest absolute Gasteiger partial charge is 0.255 e. The molecule has 0 bridgehead atoms. The Labute approximate surface area is 225 Å². The second kappa shape index (κ2) is 12.0. The van der Waals surface area contributed by atoms with Crippen molar-refractivity contribution in [3.63, 3.8) is 0 Å². The molecule has 2 amide bonds. The Kier molecular flexibility index (Phi) is 8.52. The highest BCUT2D eigenvalue weighted by molar-refractivity contribution is 6.32. The van der Waals surface area contributed by atoms with Crippen molar-refractivity contribution in [2.45, 2.75) is 19.3 Å². The van der Waals surface area contributed by atoms with Gasteiger partial charge in [-0.2, -0.15) is 0 Å². The van der Waals surface area contributed by atoms with Crippen LogP contribution in [0.5, 0.6) is 11.5 Å². The summed E-state index contributed by atoms with van der Waals surface area (Å²) in [5.41, 5.74) is 3.31. The number of hydrogen-bond acceptors (Lipinski definition) is 6. The van der Waals surface area contributed by atoms with Gasteiger partial charge in [0.15, 0.2) is 5.75 Å². The average molecular weight is 542 g/mol. The summed E-state index contributed by atoms with van der Waals surface area (Å²) in [4.78, 5) is 32.7. The maximum Gasteiger partial charge on any atom is 0.255 e. The molecule has 9 nitrogen and oxygen atoms in total. The SMILES string of the molecule is C=CC(=O)N1CCCC1.COc1cnccc1-c1[nH]c2c(c1Nc1cc(F)cc(Cl)c1OC)C(=O)NCC2. The van der Waals surface area contributed by atoms with Crippen LogP contribution in [0, 0.1) is 5.82 Å². The molecule has 2 aliphatic rings. The van der Waals surface area contributed by atoms with E-state index in [-0.39, 0.29) is 22.6 Å². The van der Waals surface area contributed by atoms with Gasteiger partial charge in [0.1, 0.15) is 11.6 Å². The predicted molar refractivity (Wildman–Crippen MR) is 144 cm³/mol. The molecule has 1 aromatic carbocycles. The van der Waals surface area contributed by atoms with Gasteiger partial charge < -0.3 is 30.0 Å². The number of aromatic amines is 1. The summed E-state index contributed by atoms with van der Waals surface area (Å²) in [7, 11) is 2.98. The molecule has 2 aliphatic heterocycles. The zero-order valence-electron chi connectivity index (χ0n) is 21.2. The quantitative estimate of drug-likeness (QED) is 0.390. The Morgan fingerprint density at radius 1 is 1.26 bits per heavy atom. The maximum absolute atomic E-state index is 14.0. The van der Waals surface area contributed by atoms with Crippen LogP contribution in [0.4, 0.5) is 15.8 Å². The Morgan fingerprint density at radius 2 is 2.03 bits per heavy atom. The van der Waals surface area contributed by atoms with Gasteiger partial charge in [-0.3, -0.25) is 14.6 Å². The second-order valence-electron chi connectivity index (χ2n) is 8.64. The van der Waals surface area contributed by atoms with Crippen LogP contribution in [0.2, 0.25) is 5.02 Å². The van der Waals surface area contributed by atoms with Crippen LogP contribution in [0.25, 0.3) is 11.3 Å². The van der Waals surface area contributed by atoms with Crippen molar-refractivity contribution in [1.82, 2.24) is 20.2 Å². The van der Waals surface area contributed by atoms with E-state index in [1.54, 1.807) is 25.6 Å². The topological polar surface area (TPSA) is 109 Å². The first kappa shape index (κ1) is 27.0. The van der Waals surface area contributed by atoms with E-state index in [2.05, 4.69) is 27.2 Å².